The molecule has 2 unspecified atom stereocenters. The molecule has 7 nitrogen and oxygen atoms in total. The van der Waals surface area contributed by atoms with E-state index in [1.165, 1.54) is 4.90 Å². The van der Waals surface area contributed by atoms with Gasteiger partial charge < -0.3 is 4.90 Å². The Bertz CT molecular complexity index is 1080. The minimum Gasteiger partial charge on any atom is -0.303 e. The third-order valence-electron chi connectivity index (χ3n) is 5.41. The van der Waals surface area contributed by atoms with E-state index in [2.05, 4.69) is 5.32 Å². The molecule has 2 aromatic carbocycles. The van der Waals surface area contributed by atoms with E-state index in [-0.39, 0.29) is 5.91 Å². The molecule has 3 aliphatic rings. The number of carbonyl (C=O) groups is 2. The second kappa shape index (κ2) is 6.35. The molecule has 0 saturated carbocycles. The third-order valence-corrected chi connectivity index (χ3v) is 5.66. The van der Waals surface area contributed by atoms with E-state index < -0.39 is 18.2 Å². The van der Waals surface area contributed by atoms with Crippen LogP contribution in [0.2, 0.25) is 5.02 Å². The Labute approximate surface area is 172 Å². The van der Waals surface area contributed by atoms with Crippen LogP contribution in [0.25, 0.3) is 5.70 Å². The number of nitrogens with one attached hydrogen (secondary N) is 1. The zero-order valence-electron chi connectivity index (χ0n) is 15.8. The topological polar surface area (TPSA) is 68.2 Å². The largest absolute Gasteiger partial charge is 0.325 e. The lowest BCUT2D eigenvalue weighted by atomic mass is 10.1. The van der Waals surface area contributed by atoms with Gasteiger partial charge >= 0.3 is 6.03 Å². The van der Waals surface area contributed by atoms with Gasteiger partial charge in [0, 0.05) is 29.5 Å². The van der Waals surface area contributed by atoms with Gasteiger partial charge in [-0.3, -0.25) is 19.9 Å². The van der Waals surface area contributed by atoms with E-state index >= 15 is 0 Å². The fraction of sp³-hybridized carbons (Fsp3) is 0.190. The molecule has 146 valence electrons. The van der Waals surface area contributed by atoms with Crippen molar-refractivity contribution in [3.05, 3.63) is 70.9 Å². The van der Waals surface area contributed by atoms with Crippen molar-refractivity contribution in [1.82, 2.24) is 15.1 Å². The number of halogens is 1. The maximum Gasteiger partial charge on any atom is 0.325 e. The van der Waals surface area contributed by atoms with E-state index in [0.717, 1.165) is 22.5 Å². The van der Waals surface area contributed by atoms with Crippen LogP contribution in [-0.4, -0.2) is 47.0 Å². The highest BCUT2D eigenvalue weighted by molar-refractivity contribution is 6.30. The van der Waals surface area contributed by atoms with Crippen molar-refractivity contribution in [3.63, 3.8) is 0 Å². The Balaban J connectivity index is 1.64. The van der Waals surface area contributed by atoms with Crippen LogP contribution in [0.15, 0.2) is 59.7 Å². The molecule has 3 heterocycles. The number of anilines is 1. The minimum atomic E-state index is -0.606. The summed E-state index contributed by atoms with van der Waals surface area (Å²) in [6.07, 6.45) is 1.35. The highest BCUT2D eigenvalue weighted by Gasteiger charge is 2.52. The molecule has 5 rings (SSSR count). The minimum absolute atomic E-state index is 0.352. The molecule has 0 radical (unpaired) electrons. The summed E-state index contributed by atoms with van der Waals surface area (Å²) in [6, 6.07) is 14.6. The number of hydrogen-bond acceptors (Lipinski definition) is 5. The average Bonchev–Trinajstić information content (AvgIpc) is 3.24. The van der Waals surface area contributed by atoms with Crippen LogP contribution in [0.1, 0.15) is 11.1 Å². The fourth-order valence-corrected chi connectivity index (χ4v) is 3.98. The average molecular weight is 408 g/mol. The summed E-state index contributed by atoms with van der Waals surface area (Å²) in [6.45, 7) is 2.03. The molecule has 3 amide bonds. The molecule has 3 aliphatic heterocycles. The summed E-state index contributed by atoms with van der Waals surface area (Å²) in [4.78, 5) is 34.7. The lowest BCUT2D eigenvalue weighted by Gasteiger charge is -2.34. The number of aryl methyl sites for hydroxylation is 1. The predicted octanol–water partition coefficient (Wildman–Crippen LogP) is 3.01. The molecule has 0 spiro atoms. The summed E-state index contributed by atoms with van der Waals surface area (Å²) in [5.74, 6) is 0.264. The number of imide groups is 1. The maximum absolute atomic E-state index is 12.6. The number of likely N-dealkylation sites (N-methyl/N-ethyl adjacent to an activating group) is 1. The first kappa shape index (κ1) is 17.8. The fourth-order valence-electron chi connectivity index (χ4n) is 3.85. The number of amides is 3. The van der Waals surface area contributed by atoms with E-state index in [1.807, 2.05) is 71.5 Å². The summed E-state index contributed by atoms with van der Waals surface area (Å²) in [5.41, 5.74) is 3.90. The van der Waals surface area contributed by atoms with Crippen molar-refractivity contribution in [2.45, 2.75) is 19.1 Å². The normalized spacial score (nSPS) is 22.9. The SMILES string of the molecule is Cc1ccc(N2C(c3ccc(Cl)cc3)=CN3C2=NC2C3C(=O)NC(=O)N2C)cc1. The van der Waals surface area contributed by atoms with Crippen LogP contribution in [0.4, 0.5) is 10.5 Å². The van der Waals surface area contributed by atoms with Gasteiger partial charge in [-0.2, -0.15) is 0 Å². The molecule has 0 bridgehead atoms. The number of urea groups is 1. The Morgan fingerprint density at radius 3 is 2.41 bits per heavy atom. The zero-order valence-corrected chi connectivity index (χ0v) is 16.6. The number of rotatable bonds is 2. The van der Waals surface area contributed by atoms with Crippen LogP contribution in [0.3, 0.4) is 0 Å². The Kier molecular flexibility index (Phi) is 3.89. The zero-order chi connectivity index (χ0) is 20.3. The molecule has 2 aromatic rings. The van der Waals surface area contributed by atoms with Gasteiger partial charge in [0.05, 0.1) is 5.70 Å². The number of aliphatic imine (C=N–C) groups is 1. The van der Waals surface area contributed by atoms with Gasteiger partial charge in [-0.15, -0.1) is 0 Å². The number of fused-ring (bicyclic) bond motifs is 3. The standard InChI is InChI=1S/C21H18ClN5O2/c1-12-3-9-15(10-4-12)27-16(13-5-7-14(22)8-6-13)11-26-17-18(23-20(26)27)25(2)21(29)24-19(17)28/h3-11,17-18H,1-2H3,(H,24,28,29). The Morgan fingerprint density at radius 1 is 1.03 bits per heavy atom. The third kappa shape index (κ3) is 2.69. The lowest BCUT2D eigenvalue weighted by Crippen LogP contribution is -2.62. The molecule has 0 aliphatic carbocycles. The summed E-state index contributed by atoms with van der Waals surface area (Å²) < 4.78 is 0. The molecule has 1 N–H and O–H groups in total. The predicted molar refractivity (Wildman–Crippen MR) is 111 cm³/mol. The first-order chi connectivity index (χ1) is 13.9. The number of hydrogen-bond donors (Lipinski definition) is 1. The monoisotopic (exact) mass is 407 g/mol. The molecular weight excluding hydrogens is 390 g/mol. The summed E-state index contributed by atoms with van der Waals surface area (Å²) >= 11 is 6.07. The van der Waals surface area contributed by atoms with Crippen LogP contribution in [0.5, 0.6) is 0 Å². The molecule has 29 heavy (non-hydrogen) atoms. The maximum atomic E-state index is 12.6. The highest BCUT2D eigenvalue weighted by atomic mass is 35.5. The van der Waals surface area contributed by atoms with Crippen molar-refractivity contribution in [2.24, 2.45) is 4.99 Å². The van der Waals surface area contributed by atoms with Crippen molar-refractivity contribution >= 4 is 40.9 Å². The highest BCUT2D eigenvalue weighted by Crippen LogP contribution is 2.39. The number of nitrogens with zero attached hydrogens (tertiary/aromatic N) is 4. The van der Waals surface area contributed by atoms with E-state index in [0.29, 0.717) is 11.0 Å². The molecule has 1 fully saturated rings. The molecule has 2 atom stereocenters. The summed E-state index contributed by atoms with van der Waals surface area (Å²) in [7, 11) is 1.64. The van der Waals surface area contributed by atoms with Gasteiger partial charge in [0.15, 0.2) is 12.2 Å². The van der Waals surface area contributed by atoms with Crippen molar-refractivity contribution in [3.8, 4) is 0 Å². The van der Waals surface area contributed by atoms with Crippen molar-refractivity contribution < 1.29 is 9.59 Å². The quantitative estimate of drug-likeness (QED) is 0.830. The van der Waals surface area contributed by atoms with E-state index in [4.69, 9.17) is 16.6 Å². The van der Waals surface area contributed by atoms with Gasteiger partial charge in [-0.25, -0.2) is 9.79 Å². The second-order valence-corrected chi connectivity index (χ2v) is 7.73. The number of guanidine groups is 1. The number of carbonyl (C=O) groups excluding carboxylic acids is 2. The van der Waals surface area contributed by atoms with Crippen LogP contribution < -0.4 is 10.2 Å². The molecule has 8 heteroatoms. The first-order valence-electron chi connectivity index (χ1n) is 9.22. The smallest absolute Gasteiger partial charge is 0.303 e. The van der Waals surface area contributed by atoms with Gasteiger partial charge in [0.2, 0.25) is 5.96 Å². The molecular formula is C21H18ClN5O2. The number of benzene rings is 2. The molecule has 0 aromatic heterocycles. The van der Waals surface area contributed by atoms with Crippen LogP contribution >= 0.6 is 11.6 Å². The van der Waals surface area contributed by atoms with Crippen molar-refractivity contribution in [2.75, 3.05) is 11.9 Å². The summed E-state index contributed by atoms with van der Waals surface area (Å²) in [5, 5.41) is 3.06. The van der Waals surface area contributed by atoms with E-state index in [1.54, 1.807) is 7.05 Å². The van der Waals surface area contributed by atoms with Crippen molar-refractivity contribution in [1.29, 1.82) is 0 Å². The van der Waals surface area contributed by atoms with Gasteiger partial charge in [0.25, 0.3) is 5.91 Å². The second-order valence-electron chi connectivity index (χ2n) is 7.29. The van der Waals surface area contributed by atoms with Crippen LogP contribution in [0, 0.1) is 6.92 Å². The van der Waals surface area contributed by atoms with Gasteiger partial charge in [-0.1, -0.05) is 41.4 Å². The first-order valence-corrected chi connectivity index (χ1v) is 9.60. The Hall–Kier alpha value is -3.32. The Morgan fingerprint density at radius 2 is 1.72 bits per heavy atom. The molecule has 1 saturated heterocycles. The van der Waals surface area contributed by atoms with Crippen LogP contribution in [-0.2, 0) is 4.79 Å². The van der Waals surface area contributed by atoms with E-state index in [9.17, 15) is 9.59 Å². The van der Waals surface area contributed by atoms with Gasteiger partial charge in [-0.05, 0) is 31.2 Å². The lowest BCUT2D eigenvalue weighted by molar-refractivity contribution is -0.126. The van der Waals surface area contributed by atoms with Gasteiger partial charge in [0.1, 0.15) is 0 Å².